The molecular formula is C12H14ClN3O. The van der Waals surface area contributed by atoms with Crippen molar-refractivity contribution in [2.24, 2.45) is 0 Å². The van der Waals surface area contributed by atoms with Gasteiger partial charge in [-0.15, -0.1) is 0 Å². The zero-order chi connectivity index (χ0) is 12.3. The fourth-order valence-corrected chi connectivity index (χ4v) is 1.78. The molecule has 0 amide bonds. The average molecular weight is 252 g/mol. The van der Waals surface area contributed by atoms with Crippen molar-refractivity contribution < 1.29 is 4.74 Å². The largest absolute Gasteiger partial charge is 0.495 e. The lowest BCUT2D eigenvalue weighted by Crippen LogP contribution is -2.07. The molecule has 1 aromatic heterocycles. The van der Waals surface area contributed by atoms with Gasteiger partial charge >= 0.3 is 0 Å². The molecule has 0 aliphatic carbocycles. The first-order valence-corrected chi connectivity index (χ1v) is 5.68. The number of nitrogens with one attached hydrogen (secondary N) is 2. The third kappa shape index (κ3) is 2.71. The van der Waals surface area contributed by atoms with Gasteiger partial charge in [0.05, 0.1) is 23.9 Å². The van der Waals surface area contributed by atoms with E-state index in [9.17, 15) is 0 Å². The Kier molecular flexibility index (Phi) is 3.54. The lowest BCUT2D eigenvalue weighted by molar-refractivity contribution is 0.415. The number of hydrogen-bond donors (Lipinski definition) is 2. The van der Waals surface area contributed by atoms with Crippen molar-refractivity contribution >= 4 is 17.3 Å². The van der Waals surface area contributed by atoms with Gasteiger partial charge in [-0.2, -0.15) is 5.10 Å². The van der Waals surface area contributed by atoms with E-state index in [1.54, 1.807) is 13.3 Å². The molecule has 0 saturated heterocycles. The Morgan fingerprint density at radius 3 is 2.88 bits per heavy atom. The van der Waals surface area contributed by atoms with Gasteiger partial charge < -0.3 is 10.1 Å². The minimum Gasteiger partial charge on any atom is -0.495 e. The first kappa shape index (κ1) is 11.8. The van der Waals surface area contributed by atoms with Crippen LogP contribution in [-0.2, 0) is 0 Å². The molecule has 4 nitrogen and oxygen atoms in total. The molecule has 2 rings (SSSR count). The summed E-state index contributed by atoms with van der Waals surface area (Å²) in [4.78, 5) is 0. The van der Waals surface area contributed by atoms with E-state index in [2.05, 4.69) is 22.4 Å². The Hall–Kier alpha value is -1.68. The summed E-state index contributed by atoms with van der Waals surface area (Å²) in [5, 5.41) is 10.8. The standard InChI is InChI=1S/C12H14ClN3O/c1-8(11-5-6-14-16-11)15-9-3-4-10(13)12(7-9)17-2/h3-8,15H,1-2H3,(H,14,16). The van der Waals surface area contributed by atoms with Crippen LogP contribution in [0.3, 0.4) is 0 Å². The smallest absolute Gasteiger partial charge is 0.139 e. The fourth-order valence-electron chi connectivity index (χ4n) is 1.59. The predicted octanol–water partition coefficient (Wildman–Crippen LogP) is 3.24. The van der Waals surface area contributed by atoms with Crippen LogP contribution in [0.4, 0.5) is 5.69 Å². The number of methoxy groups -OCH3 is 1. The van der Waals surface area contributed by atoms with Crippen molar-refractivity contribution in [3.05, 3.63) is 41.2 Å². The Balaban J connectivity index is 2.13. The number of hydrogen-bond acceptors (Lipinski definition) is 3. The Morgan fingerprint density at radius 1 is 1.41 bits per heavy atom. The highest BCUT2D eigenvalue weighted by molar-refractivity contribution is 6.32. The highest BCUT2D eigenvalue weighted by Gasteiger charge is 2.08. The van der Waals surface area contributed by atoms with Gasteiger partial charge in [-0.1, -0.05) is 11.6 Å². The van der Waals surface area contributed by atoms with Crippen molar-refractivity contribution in [2.45, 2.75) is 13.0 Å². The maximum absolute atomic E-state index is 5.96. The Labute approximate surface area is 105 Å². The number of H-pyrrole nitrogens is 1. The lowest BCUT2D eigenvalue weighted by atomic mass is 10.2. The average Bonchev–Trinajstić information content (AvgIpc) is 2.85. The van der Waals surface area contributed by atoms with Gasteiger partial charge in [0.25, 0.3) is 0 Å². The zero-order valence-electron chi connectivity index (χ0n) is 9.70. The molecule has 1 heterocycles. The van der Waals surface area contributed by atoms with Crippen LogP contribution in [0.1, 0.15) is 18.7 Å². The summed E-state index contributed by atoms with van der Waals surface area (Å²) in [5.74, 6) is 0.661. The van der Waals surface area contributed by atoms with Crippen LogP contribution in [0.15, 0.2) is 30.5 Å². The van der Waals surface area contributed by atoms with Crippen molar-refractivity contribution in [1.82, 2.24) is 10.2 Å². The molecule has 1 atom stereocenters. The quantitative estimate of drug-likeness (QED) is 0.877. The second kappa shape index (κ2) is 5.10. The molecular weight excluding hydrogens is 238 g/mol. The molecule has 17 heavy (non-hydrogen) atoms. The number of anilines is 1. The van der Waals surface area contributed by atoms with Crippen LogP contribution in [0.25, 0.3) is 0 Å². The van der Waals surface area contributed by atoms with Gasteiger partial charge in [-0.25, -0.2) is 0 Å². The molecule has 90 valence electrons. The molecule has 0 saturated carbocycles. The summed E-state index contributed by atoms with van der Waals surface area (Å²) >= 11 is 5.96. The molecule has 1 unspecified atom stereocenters. The summed E-state index contributed by atoms with van der Waals surface area (Å²) in [6, 6.07) is 7.67. The fraction of sp³-hybridized carbons (Fsp3) is 0.250. The molecule has 0 aliphatic rings. The lowest BCUT2D eigenvalue weighted by Gasteiger charge is -2.14. The minimum atomic E-state index is 0.142. The number of benzene rings is 1. The van der Waals surface area contributed by atoms with Crippen LogP contribution in [-0.4, -0.2) is 17.3 Å². The second-order valence-corrected chi connectivity index (χ2v) is 4.13. The van der Waals surface area contributed by atoms with E-state index in [0.29, 0.717) is 10.8 Å². The monoisotopic (exact) mass is 251 g/mol. The minimum absolute atomic E-state index is 0.142. The number of rotatable bonds is 4. The normalized spacial score (nSPS) is 12.2. The van der Waals surface area contributed by atoms with Crippen LogP contribution < -0.4 is 10.1 Å². The van der Waals surface area contributed by atoms with E-state index >= 15 is 0 Å². The van der Waals surface area contributed by atoms with E-state index < -0.39 is 0 Å². The molecule has 0 fully saturated rings. The van der Waals surface area contributed by atoms with E-state index in [1.165, 1.54) is 0 Å². The van der Waals surface area contributed by atoms with Gasteiger partial charge in [0.1, 0.15) is 5.75 Å². The number of aromatic amines is 1. The van der Waals surface area contributed by atoms with E-state index in [0.717, 1.165) is 11.4 Å². The number of ether oxygens (including phenoxy) is 1. The van der Waals surface area contributed by atoms with Crippen LogP contribution in [0.2, 0.25) is 5.02 Å². The third-order valence-corrected chi connectivity index (χ3v) is 2.84. The number of halogens is 1. The summed E-state index contributed by atoms with van der Waals surface area (Å²) in [6.07, 6.45) is 1.73. The second-order valence-electron chi connectivity index (χ2n) is 3.73. The first-order valence-electron chi connectivity index (χ1n) is 5.30. The predicted molar refractivity (Wildman–Crippen MR) is 68.6 cm³/mol. The SMILES string of the molecule is COc1cc(NC(C)c2ccn[nH]2)ccc1Cl. The molecule has 2 aromatic rings. The van der Waals surface area contributed by atoms with Crippen molar-refractivity contribution in [1.29, 1.82) is 0 Å². The third-order valence-electron chi connectivity index (χ3n) is 2.52. The summed E-state index contributed by atoms with van der Waals surface area (Å²) < 4.78 is 5.17. The topological polar surface area (TPSA) is 49.9 Å². The summed E-state index contributed by atoms with van der Waals surface area (Å²) in [7, 11) is 1.60. The Bertz CT molecular complexity index is 485. The summed E-state index contributed by atoms with van der Waals surface area (Å²) in [6.45, 7) is 2.05. The van der Waals surface area contributed by atoms with Crippen LogP contribution >= 0.6 is 11.6 Å². The maximum atomic E-state index is 5.96. The molecule has 1 aromatic carbocycles. The van der Waals surface area contributed by atoms with Gasteiger partial charge in [-0.05, 0) is 25.1 Å². The highest BCUT2D eigenvalue weighted by atomic mass is 35.5. The van der Waals surface area contributed by atoms with Crippen LogP contribution in [0, 0.1) is 0 Å². The molecule has 5 heteroatoms. The first-order chi connectivity index (χ1) is 8.20. The van der Waals surface area contributed by atoms with Crippen molar-refractivity contribution in [2.75, 3.05) is 12.4 Å². The maximum Gasteiger partial charge on any atom is 0.139 e. The molecule has 2 N–H and O–H groups in total. The van der Waals surface area contributed by atoms with Gasteiger partial charge in [0.2, 0.25) is 0 Å². The summed E-state index contributed by atoms with van der Waals surface area (Å²) in [5.41, 5.74) is 1.98. The molecule has 0 bridgehead atoms. The highest BCUT2D eigenvalue weighted by Crippen LogP contribution is 2.28. The zero-order valence-corrected chi connectivity index (χ0v) is 10.5. The molecule has 0 aliphatic heterocycles. The van der Waals surface area contributed by atoms with Gasteiger partial charge in [0.15, 0.2) is 0 Å². The number of aromatic nitrogens is 2. The van der Waals surface area contributed by atoms with Gasteiger partial charge in [0, 0.05) is 18.0 Å². The molecule has 0 radical (unpaired) electrons. The molecule has 0 spiro atoms. The van der Waals surface area contributed by atoms with E-state index in [4.69, 9.17) is 16.3 Å². The number of nitrogens with zero attached hydrogens (tertiary/aromatic N) is 1. The van der Waals surface area contributed by atoms with E-state index in [1.807, 2.05) is 24.3 Å². The van der Waals surface area contributed by atoms with Gasteiger partial charge in [-0.3, -0.25) is 5.10 Å². The van der Waals surface area contributed by atoms with Crippen molar-refractivity contribution in [3.63, 3.8) is 0 Å². The van der Waals surface area contributed by atoms with Crippen LogP contribution in [0.5, 0.6) is 5.75 Å². The van der Waals surface area contributed by atoms with Crippen molar-refractivity contribution in [3.8, 4) is 5.75 Å². The van der Waals surface area contributed by atoms with E-state index in [-0.39, 0.29) is 6.04 Å². The Morgan fingerprint density at radius 2 is 2.24 bits per heavy atom.